The van der Waals surface area contributed by atoms with Crippen molar-refractivity contribution in [1.29, 1.82) is 0 Å². The monoisotopic (exact) mass is 291 g/mol. The summed E-state index contributed by atoms with van der Waals surface area (Å²) in [6.07, 6.45) is 8.14. The molecule has 1 heterocycles. The number of rotatable bonds is 7. The van der Waals surface area contributed by atoms with Crippen molar-refractivity contribution in [2.75, 3.05) is 6.54 Å². The first-order valence-electron chi connectivity index (χ1n) is 8.94. The van der Waals surface area contributed by atoms with Gasteiger partial charge < -0.3 is 5.32 Å². The molecule has 0 radical (unpaired) electrons. The van der Waals surface area contributed by atoms with Crippen LogP contribution in [0.25, 0.3) is 0 Å². The first-order valence-corrected chi connectivity index (χ1v) is 8.94. The number of nitrogens with zero attached hydrogens (tertiary/aromatic N) is 2. The third kappa shape index (κ3) is 4.32. The fourth-order valence-corrected chi connectivity index (χ4v) is 4.00. The second-order valence-electron chi connectivity index (χ2n) is 6.66. The Labute approximate surface area is 130 Å². The quantitative estimate of drug-likeness (QED) is 0.824. The summed E-state index contributed by atoms with van der Waals surface area (Å²) in [5, 5.41) is 8.37. The molecule has 1 saturated carbocycles. The highest BCUT2D eigenvalue weighted by molar-refractivity contribution is 5.11. The maximum atomic E-state index is 4.61. The Kier molecular flexibility index (Phi) is 6.28. The van der Waals surface area contributed by atoms with Gasteiger partial charge in [0, 0.05) is 24.7 Å². The highest BCUT2D eigenvalue weighted by atomic mass is 15.3. The van der Waals surface area contributed by atoms with Crippen molar-refractivity contribution in [2.24, 2.45) is 11.8 Å². The van der Waals surface area contributed by atoms with Crippen LogP contribution in [0, 0.1) is 18.8 Å². The number of aromatic nitrogens is 2. The molecule has 3 nitrogen and oxygen atoms in total. The molecule has 0 saturated heterocycles. The van der Waals surface area contributed by atoms with Gasteiger partial charge in [-0.15, -0.1) is 0 Å². The Morgan fingerprint density at radius 1 is 1.33 bits per heavy atom. The summed E-state index contributed by atoms with van der Waals surface area (Å²) in [6.45, 7) is 10.9. The molecule has 0 aliphatic heterocycles. The fourth-order valence-electron chi connectivity index (χ4n) is 4.00. The zero-order valence-corrected chi connectivity index (χ0v) is 14.4. The Morgan fingerprint density at radius 2 is 2.14 bits per heavy atom. The highest BCUT2D eigenvalue weighted by Crippen LogP contribution is 2.33. The Bertz CT molecular complexity index is 424. The van der Waals surface area contributed by atoms with Gasteiger partial charge >= 0.3 is 0 Å². The van der Waals surface area contributed by atoms with E-state index < -0.39 is 0 Å². The number of likely N-dealkylation sites (N-methyl/N-ethyl adjacent to an activating group) is 1. The van der Waals surface area contributed by atoms with Crippen LogP contribution in [0.1, 0.15) is 64.3 Å². The number of hydrogen-bond acceptors (Lipinski definition) is 2. The topological polar surface area (TPSA) is 29.9 Å². The normalized spacial score (nSPS) is 24.2. The lowest BCUT2D eigenvalue weighted by Crippen LogP contribution is -2.40. The van der Waals surface area contributed by atoms with Crippen molar-refractivity contribution in [3.63, 3.8) is 0 Å². The molecule has 1 aliphatic carbocycles. The summed E-state index contributed by atoms with van der Waals surface area (Å²) >= 11 is 0. The van der Waals surface area contributed by atoms with Gasteiger partial charge in [-0.1, -0.05) is 33.1 Å². The van der Waals surface area contributed by atoms with Crippen LogP contribution in [0.5, 0.6) is 0 Å². The van der Waals surface area contributed by atoms with Crippen LogP contribution >= 0.6 is 0 Å². The molecule has 0 spiro atoms. The maximum Gasteiger partial charge on any atom is 0.0596 e. The van der Waals surface area contributed by atoms with Crippen LogP contribution in [-0.4, -0.2) is 22.4 Å². The van der Waals surface area contributed by atoms with Crippen molar-refractivity contribution < 1.29 is 0 Å². The average Bonchev–Trinajstić information content (AvgIpc) is 2.86. The lowest BCUT2D eigenvalue weighted by atomic mass is 9.76. The minimum atomic E-state index is 0.616. The lowest BCUT2D eigenvalue weighted by molar-refractivity contribution is 0.207. The van der Waals surface area contributed by atoms with Crippen molar-refractivity contribution in [2.45, 2.75) is 78.8 Å². The lowest BCUT2D eigenvalue weighted by Gasteiger charge is -2.35. The fraction of sp³-hybridized carbons (Fsp3) is 0.833. The summed E-state index contributed by atoms with van der Waals surface area (Å²) in [4.78, 5) is 0. The van der Waals surface area contributed by atoms with Crippen LogP contribution in [0.3, 0.4) is 0 Å². The largest absolute Gasteiger partial charge is 0.314 e. The van der Waals surface area contributed by atoms with E-state index >= 15 is 0 Å². The van der Waals surface area contributed by atoms with Crippen molar-refractivity contribution in [3.05, 3.63) is 17.5 Å². The first kappa shape index (κ1) is 16.5. The van der Waals surface area contributed by atoms with E-state index in [1.807, 2.05) is 0 Å². The van der Waals surface area contributed by atoms with Crippen molar-refractivity contribution >= 4 is 0 Å². The average molecular weight is 291 g/mol. The van der Waals surface area contributed by atoms with E-state index in [1.165, 1.54) is 37.8 Å². The van der Waals surface area contributed by atoms with E-state index in [1.54, 1.807) is 0 Å². The van der Waals surface area contributed by atoms with Gasteiger partial charge in [0.1, 0.15) is 0 Å². The van der Waals surface area contributed by atoms with Gasteiger partial charge in [0.2, 0.25) is 0 Å². The number of hydrogen-bond donors (Lipinski definition) is 1. The zero-order valence-electron chi connectivity index (χ0n) is 14.4. The van der Waals surface area contributed by atoms with Gasteiger partial charge in [-0.2, -0.15) is 5.10 Å². The number of nitrogens with one attached hydrogen (secondary N) is 1. The molecule has 0 amide bonds. The van der Waals surface area contributed by atoms with E-state index in [0.29, 0.717) is 6.04 Å². The molecule has 2 rings (SSSR count). The highest BCUT2D eigenvalue weighted by Gasteiger charge is 2.28. The first-order chi connectivity index (χ1) is 10.2. The molecule has 21 heavy (non-hydrogen) atoms. The molecule has 3 heteroatoms. The predicted octanol–water partition coefficient (Wildman–Crippen LogP) is 3.95. The van der Waals surface area contributed by atoms with E-state index in [9.17, 15) is 0 Å². The molecular formula is C18H33N3. The molecule has 0 aromatic carbocycles. The molecule has 3 atom stereocenters. The molecule has 120 valence electrons. The summed E-state index contributed by atoms with van der Waals surface area (Å²) in [5.41, 5.74) is 2.55. The van der Waals surface area contributed by atoms with Gasteiger partial charge in [0.25, 0.3) is 0 Å². The second kappa shape index (κ2) is 7.98. The Balaban J connectivity index is 2.07. The second-order valence-corrected chi connectivity index (χ2v) is 6.66. The Hall–Kier alpha value is -0.830. The standard InChI is InChI=1S/C18H33N3/c1-5-15-9-8-10-16(12-15)18(19-6-2)13-17-11-14(4)20-21(17)7-3/h11,15-16,18-19H,5-10,12-13H2,1-4H3. The predicted molar refractivity (Wildman–Crippen MR) is 89.5 cm³/mol. The van der Waals surface area contributed by atoms with Crippen LogP contribution in [0.4, 0.5) is 0 Å². The molecule has 0 bridgehead atoms. The zero-order chi connectivity index (χ0) is 15.2. The van der Waals surface area contributed by atoms with Gasteiger partial charge in [0.15, 0.2) is 0 Å². The van der Waals surface area contributed by atoms with Crippen molar-refractivity contribution in [3.8, 4) is 0 Å². The molecule has 1 aromatic heterocycles. The van der Waals surface area contributed by atoms with Crippen LogP contribution in [-0.2, 0) is 13.0 Å². The summed E-state index contributed by atoms with van der Waals surface area (Å²) in [7, 11) is 0. The minimum Gasteiger partial charge on any atom is -0.314 e. The summed E-state index contributed by atoms with van der Waals surface area (Å²) in [6, 6.07) is 2.89. The molecule has 3 unspecified atom stereocenters. The molecule has 1 N–H and O–H groups in total. The summed E-state index contributed by atoms with van der Waals surface area (Å²) in [5.74, 6) is 1.78. The van der Waals surface area contributed by atoms with Gasteiger partial charge in [0.05, 0.1) is 5.69 Å². The van der Waals surface area contributed by atoms with Crippen molar-refractivity contribution in [1.82, 2.24) is 15.1 Å². The van der Waals surface area contributed by atoms with Crippen LogP contribution < -0.4 is 5.32 Å². The number of aryl methyl sites for hydroxylation is 2. The smallest absolute Gasteiger partial charge is 0.0596 e. The summed E-state index contributed by atoms with van der Waals surface area (Å²) < 4.78 is 2.18. The maximum absolute atomic E-state index is 4.61. The van der Waals surface area contributed by atoms with E-state index in [4.69, 9.17) is 0 Å². The van der Waals surface area contributed by atoms with Gasteiger partial charge in [-0.3, -0.25) is 4.68 Å². The van der Waals surface area contributed by atoms with E-state index in [0.717, 1.165) is 37.0 Å². The van der Waals surface area contributed by atoms with Gasteiger partial charge in [-0.25, -0.2) is 0 Å². The third-order valence-electron chi connectivity index (χ3n) is 5.15. The van der Waals surface area contributed by atoms with Crippen LogP contribution in [0.15, 0.2) is 6.07 Å². The molecular weight excluding hydrogens is 258 g/mol. The molecule has 1 aromatic rings. The van der Waals surface area contributed by atoms with Gasteiger partial charge in [-0.05, 0) is 51.1 Å². The molecule has 1 aliphatic rings. The molecule has 1 fully saturated rings. The van der Waals surface area contributed by atoms with E-state index in [-0.39, 0.29) is 0 Å². The SMILES string of the molecule is CCNC(Cc1cc(C)nn1CC)C1CCCC(CC)C1. The van der Waals surface area contributed by atoms with E-state index in [2.05, 4.69) is 48.9 Å². The third-order valence-corrected chi connectivity index (χ3v) is 5.15. The Morgan fingerprint density at radius 3 is 2.81 bits per heavy atom. The minimum absolute atomic E-state index is 0.616. The van der Waals surface area contributed by atoms with Crippen LogP contribution in [0.2, 0.25) is 0 Å².